The van der Waals surface area contributed by atoms with Gasteiger partial charge in [0.05, 0.1) is 12.2 Å². The molecular weight excluding hydrogens is 181 g/mol. The van der Waals surface area contributed by atoms with Gasteiger partial charge in [-0.15, -0.1) is 0 Å². The quantitative estimate of drug-likeness (QED) is 0.740. The Hall–Kier alpha value is -1.53. The molecule has 2 nitrogen and oxygen atoms in total. The van der Waals surface area contributed by atoms with Gasteiger partial charge in [-0.3, -0.25) is 0 Å². The van der Waals surface area contributed by atoms with Crippen molar-refractivity contribution in [3.05, 3.63) is 30.1 Å². The van der Waals surface area contributed by atoms with E-state index in [1.165, 1.54) is 6.07 Å². The number of para-hydroxylation sites is 1. The standard InChI is InChI=1S/C11H12FNO/c1-14-9-5-4-8-13-11-7-3-2-6-10(11)12/h2-3,6-7,13H,8-9H2,1H3. The molecule has 1 rings (SSSR count). The van der Waals surface area contributed by atoms with Crippen molar-refractivity contribution in [3.63, 3.8) is 0 Å². The van der Waals surface area contributed by atoms with Gasteiger partial charge in [0.1, 0.15) is 12.4 Å². The lowest BCUT2D eigenvalue weighted by Gasteiger charge is -2.02. The lowest BCUT2D eigenvalue weighted by molar-refractivity contribution is 0.239. The summed E-state index contributed by atoms with van der Waals surface area (Å²) >= 11 is 0. The fourth-order valence-corrected chi connectivity index (χ4v) is 0.930. The number of benzene rings is 1. The zero-order valence-corrected chi connectivity index (χ0v) is 8.01. The number of nitrogens with one attached hydrogen (secondary N) is 1. The van der Waals surface area contributed by atoms with Crippen LogP contribution in [0, 0.1) is 17.7 Å². The summed E-state index contributed by atoms with van der Waals surface area (Å²) in [5.74, 6) is 5.31. The predicted octanol–water partition coefficient (Wildman–Crippen LogP) is 1.89. The van der Waals surface area contributed by atoms with Crippen molar-refractivity contribution >= 4 is 5.69 Å². The zero-order valence-electron chi connectivity index (χ0n) is 8.01. The average molecular weight is 193 g/mol. The Morgan fingerprint density at radius 1 is 1.36 bits per heavy atom. The number of rotatable bonds is 3. The van der Waals surface area contributed by atoms with Crippen molar-refractivity contribution in [1.29, 1.82) is 0 Å². The fraction of sp³-hybridized carbons (Fsp3) is 0.273. The number of hydrogen-bond donors (Lipinski definition) is 1. The van der Waals surface area contributed by atoms with E-state index in [-0.39, 0.29) is 5.82 Å². The van der Waals surface area contributed by atoms with Crippen LogP contribution in [0.3, 0.4) is 0 Å². The molecule has 0 aliphatic rings. The normalized spacial score (nSPS) is 9.00. The molecule has 1 aromatic carbocycles. The van der Waals surface area contributed by atoms with E-state index in [9.17, 15) is 4.39 Å². The Bertz CT molecular complexity index is 341. The van der Waals surface area contributed by atoms with E-state index in [1.807, 2.05) is 0 Å². The summed E-state index contributed by atoms with van der Waals surface area (Å²) in [4.78, 5) is 0. The molecular formula is C11H12FNO. The Morgan fingerprint density at radius 3 is 2.86 bits per heavy atom. The van der Waals surface area contributed by atoms with Gasteiger partial charge in [-0.05, 0) is 12.1 Å². The summed E-state index contributed by atoms with van der Waals surface area (Å²) in [7, 11) is 1.58. The molecule has 0 heterocycles. The van der Waals surface area contributed by atoms with Crippen molar-refractivity contribution in [2.45, 2.75) is 0 Å². The molecule has 0 aliphatic heterocycles. The molecule has 74 valence electrons. The summed E-state index contributed by atoms with van der Waals surface area (Å²) in [6.07, 6.45) is 0. The van der Waals surface area contributed by atoms with Crippen molar-refractivity contribution in [3.8, 4) is 11.8 Å². The van der Waals surface area contributed by atoms with Crippen LogP contribution in [0.15, 0.2) is 24.3 Å². The van der Waals surface area contributed by atoms with Gasteiger partial charge in [-0.25, -0.2) is 4.39 Å². The molecule has 0 bridgehead atoms. The summed E-state index contributed by atoms with van der Waals surface area (Å²) in [5.41, 5.74) is 0.471. The number of methoxy groups -OCH3 is 1. The van der Waals surface area contributed by atoms with Crippen LogP contribution >= 0.6 is 0 Å². The number of hydrogen-bond acceptors (Lipinski definition) is 2. The van der Waals surface area contributed by atoms with E-state index in [0.29, 0.717) is 18.8 Å². The maximum atomic E-state index is 13.0. The summed E-state index contributed by atoms with van der Waals surface area (Å²) < 4.78 is 17.8. The lowest BCUT2D eigenvalue weighted by Crippen LogP contribution is -2.00. The molecule has 0 radical (unpaired) electrons. The average Bonchev–Trinajstić information content (AvgIpc) is 2.20. The minimum absolute atomic E-state index is 0.263. The molecule has 0 aliphatic carbocycles. The fourth-order valence-electron chi connectivity index (χ4n) is 0.930. The maximum absolute atomic E-state index is 13.0. The second kappa shape index (κ2) is 6.01. The van der Waals surface area contributed by atoms with E-state index in [0.717, 1.165) is 0 Å². The Labute approximate surface area is 83.1 Å². The molecule has 0 unspecified atom stereocenters. The first kappa shape index (κ1) is 10.6. The molecule has 0 atom stereocenters. The van der Waals surface area contributed by atoms with Crippen molar-refractivity contribution < 1.29 is 9.13 Å². The van der Waals surface area contributed by atoms with Gasteiger partial charge in [-0.2, -0.15) is 0 Å². The van der Waals surface area contributed by atoms with E-state index in [1.54, 1.807) is 25.3 Å². The van der Waals surface area contributed by atoms with Crippen molar-refractivity contribution in [2.24, 2.45) is 0 Å². The minimum Gasteiger partial charge on any atom is -0.372 e. The van der Waals surface area contributed by atoms with Gasteiger partial charge in [0.15, 0.2) is 0 Å². The molecule has 1 N–H and O–H groups in total. The zero-order chi connectivity index (χ0) is 10.2. The van der Waals surface area contributed by atoms with Gasteiger partial charge in [0.25, 0.3) is 0 Å². The summed E-state index contributed by atoms with van der Waals surface area (Å²) in [6.45, 7) is 0.823. The second-order valence-electron chi connectivity index (χ2n) is 2.62. The summed E-state index contributed by atoms with van der Waals surface area (Å²) in [5, 5.41) is 2.87. The van der Waals surface area contributed by atoms with Crippen molar-refractivity contribution in [2.75, 3.05) is 25.6 Å². The lowest BCUT2D eigenvalue weighted by atomic mass is 10.3. The molecule has 0 spiro atoms. The van der Waals surface area contributed by atoms with Crippen LogP contribution in [-0.2, 0) is 4.74 Å². The predicted molar refractivity (Wildman–Crippen MR) is 54.5 cm³/mol. The molecule has 1 aromatic rings. The van der Waals surface area contributed by atoms with E-state index >= 15 is 0 Å². The van der Waals surface area contributed by atoms with Crippen LogP contribution in [0.1, 0.15) is 0 Å². The molecule has 0 saturated heterocycles. The first-order valence-electron chi connectivity index (χ1n) is 4.27. The SMILES string of the molecule is COCC#CCNc1ccccc1F. The molecule has 3 heteroatoms. The highest BCUT2D eigenvalue weighted by Crippen LogP contribution is 2.11. The van der Waals surface area contributed by atoms with Gasteiger partial charge < -0.3 is 10.1 Å². The Morgan fingerprint density at radius 2 is 2.14 bits per heavy atom. The van der Waals surface area contributed by atoms with Gasteiger partial charge >= 0.3 is 0 Å². The Kier molecular flexibility index (Phi) is 4.53. The highest BCUT2D eigenvalue weighted by molar-refractivity contribution is 5.45. The molecule has 0 aromatic heterocycles. The summed E-state index contributed by atoms with van der Waals surface area (Å²) in [6, 6.07) is 6.50. The first-order chi connectivity index (χ1) is 6.84. The topological polar surface area (TPSA) is 21.3 Å². The van der Waals surface area contributed by atoms with E-state index in [2.05, 4.69) is 17.2 Å². The third kappa shape index (κ3) is 3.46. The maximum Gasteiger partial charge on any atom is 0.146 e. The number of ether oxygens (including phenoxy) is 1. The van der Waals surface area contributed by atoms with Gasteiger partial charge in [0, 0.05) is 7.11 Å². The molecule has 0 saturated carbocycles. The monoisotopic (exact) mass is 193 g/mol. The molecule has 0 amide bonds. The largest absolute Gasteiger partial charge is 0.372 e. The van der Waals surface area contributed by atoms with Crippen LogP contribution in [0.4, 0.5) is 10.1 Å². The second-order valence-corrected chi connectivity index (χ2v) is 2.62. The first-order valence-corrected chi connectivity index (χ1v) is 4.27. The minimum atomic E-state index is -0.263. The van der Waals surface area contributed by atoms with E-state index < -0.39 is 0 Å². The van der Waals surface area contributed by atoms with Crippen LogP contribution < -0.4 is 5.32 Å². The van der Waals surface area contributed by atoms with Crippen LogP contribution in [-0.4, -0.2) is 20.3 Å². The molecule has 0 fully saturated rings. The smallest absolute Gasteiger partial charge is 0.146 e. The van der Waals surface area contributed by atoms with Gasteiger partial charge in [-0.1, -0.05) is 24.0 Å². The highest BCUT2D eigenvalue weighted by Gasteiger charge is 1.96. The third-order valence-electron chi connectivity index (χ3n) is 1.58. The van der Waals surface area contributed by atoms with Gasteiger partial charge in [0.2, 0.25) is 0 Å². The van der Waals surface area contributed by atoms with Crippen LogP contribution in [0.25, 0.3) is 0 Å². The number of halogens is 1. The van der Waals surface area contributed by atoms with E-state index in [4.69, 9.17) is 4.74 Å². The molecule has 14 heavy (non-hydrogen) atoms. The third-order valence-corrected chi connectivity index (χ3v) is 1.58. The highest BCUT2D eigenvalue weighted by atomic mass is 19.1. The van der Waals surface area contributed by atoms with Crippen LogP contribution in [0.5, 0.6) is 0 Å². The number of anilines is 1. The van der Waals surface area contributed by atoms with Crippen molar-refractivity contribution in [1.82, 2.24) is 0 Å². The Balaban J connectivity index is 2.40. The van der Waals surface area contributed by atoms with Crippen LogP contribution in [0.2, 0.25) is 0 Å².